The monoisotopic (exact) mass is 369 g/mol. The number of hydrogen-bond acceptors (Lipinski definition) is 3. The molecule has 0 amide bonds. The molecule has 5 heteroatoms. The highest BCUT2D eigenvalue weighted by molar-refractivity contribution is 5.86. The van der Waals surface area contributed by atoms with E-state index in [0.29, 0.717) is 5.69 Å². The van der Waals surface area contributed by atoms with E-state index in [9.17, 15) is 5.21 Å². The molecule has 0 saturated heterocycles. The molecular formula is C23H19N3O2. The third-order valence-electron chi connectivity index (χ3n) is 4.39. The maximum absolute atomic E-state index is 12.6. The summed E-state index contributed by atoms with van der Waals surface area (Å²) in [7, 11) is 1.63. The Morgan fingerprint density at radius 1 is 0.893 bits per heavy atom. The molecule has 0 spiro atoms. The molecule has 5 nitrogen and oxygen atoms in total. The van der Waals surface area contributed by atoms with Crippen LogP contribution < -0.4 is 4.74 Å². The second-order valence-electron chi connectivity index (χ2n) is 6.23. The summed E-state index contributed by atoms with van der Waals surface area (Å²) in [6.45, 7) is 0. The van der Waals surface area contributed by atoms with Crippen molar-refractivity contribution in [2.75, 3.05) is 7.11 Å². The number of hydrogen-bond donors (Lipinski definition) is 0. The van der Waals surface area contributed by atoms with Crippen LogP contribution in [0.25, 0.3) is 16.9 Å². The zero-order chi connectivity index (χ0) is 19.3. The van der Waals surface area contributed by atoms with E-state index in [1.165, 1.54) is 0 Å². The SMILES string of the molecule is COc1ccc(-c2nn(-c3ccccc3)cc2/C=[N+](\[O-])c2ccccc2)cc1. The molecule has 0 atom stereocenters. The van der Waals surface area contributed by atoms with Crippen molar-refractivity contribution in [3.63, 3.8) is 0 Å². The number of rotatable bonds is 5. The van der Waals surface area contributed by atoms with Crippen molar-refractivity contribution in [3.8, 4) is 22.7 Å². The zero-order valence-corrected chi connectivity index (χ0v) is 15.4. The number of aromatic nitrogens is 2. The Kier molecular flexibility index (Phi) is 4.89. The van der Waals surface area contributed by atoms with Crippen LogP contribution in [0, 0.1) is 5.21 Å². The smallest absolute Gasteiger partial charge is 0.216 e. The van der Waals surface area contributed by atoms with Crippen molar-refractivity contribution in [3.05, 3.63) is 102 Å². The Labute approximate surface area is 163 Å². The van der Waals surface area contributed by atoms with E-state index in [0.717, 1.165) is 33.0 Å². The van der Waals surface area contributed by atoms with Crippen LogP contribution in [0.4, 0.5) is 5.69 Å². The first kappa shape index (κ1) is 17.5. The first-order valence-electron chi connectivity index (χ1n) is 8.90. The fourth-order valence-corrected chi connectivity index (χ4v) is 2.94. The molecule has 0 bridgehead atoms. The van der Waals surface area contributed by atoms with Crippen LogP contribution in [0.1, 0.15) is 5.56 Å². The van der Waals surface area contributed by atoms with E-state index in [1.54, 1.807) is 30.1 Å². The van der Waals surface area contributed by atoms with Gasteiger partial charge >= 0.3 is 0 Å². The topological polar surface area (TPSA) is 53.1 Å². The molecule has 138 valence electrons. The second kappa shape index (κ2) is 7.80. The molecule has 1 aromatic heterocycles. The molecule has 4 aromatic rings. The molecule has 0 unspecified atom stereocenters. The molecule has 1 heterocycles. The lowest BCUT2D eigenvalue weighted by atomic mass is 10.1. The Balaban J connectivity index is 1.82. The molecule has 0 saturated carbocycles. The molecule has 4 rings (SSSR count). The molecular weight excluding hydrogens is 350 g/mol. The van der Waals surface area contributed by atoms with Crippen molar-refractivity contribution >= 4 is 11.9 Å². The lowest BCUT2D eigenvalue weighted by Crippen LogP contribution is -1.99. The van der Waals surface area contributed by atoms with Crippen LogP contribution in [0.5, 0.6) is 5.75 Å². The van der Waals surface area contributed by atoms with Gasteiger partial charge in [0.15, 0.2) is 6.21 Å². The van der Waals surface area contributed by atoms with Gasteiger partial charge < -0.3 is 9.94 Å². The molecule has 0 aliphatic rings. The Morgan fingerprint density at radius 2 is 1.54 bits per heavy atom. The van der Waals surface area contributed by atoms with Gasteiger partial charge in [-0.15, -0.1) is 0 Å². The van der Waals surface area contributed by atoms with Crippen LogP contribution >= 0.6 is 0 Å². The number of para-hydroxylation sites is 2. The van der Waals surface area contributed by atoms with Crippen LogP contribution in [0.3, 0.4) is 0 Å². The van der Waals surface area contributed by atoms with E-state index < -0.39 is 0 Å². The summed E-state index contributed by atoms with van der Waals surface area (Å²) < 4.78 is 7.88. The Hall–Kier alpha value is -3.86. The lowest BCUT2D eigenvalue weighted by Gasteiger charge is -2.04. The maximum atomic E-state index is 12.6. The predicted octanol–water partition coefficient (Wildman–Crippen LogP) is 4.81. The van der Waals surface area contributed by atoms with Crippen molar-refractivity contribution < 1.29 is 9.48 Å². The number of ether oxygens (including phenoxy) is 1. The van der Waals surface area contributed by atoms with E-state index in [-0.39, 0.29) is 0 Å². The number of benzene rings is 3. The standard InChI is InChI=1S/C23H19N3O2/c1-28-22-14-12-18(13-15-22)23-19(17-26(27)21-10-6-3-7-11-21)16-25(24-23)20-8-4-2-5-9-20/h2-17H,1H3/b26-17-. The fraction of sp³-hybridized carbons (Fsp3) is 0.0435. The fourth-order valence-electron chi connectivity index (χ4n) is 2.94. The summed E-state index contributed by atoms with van der Waals surface area (Å²) in [6, 6.07) is 26.6. The normalized spacial score (nSPS) is 11.4. The third kappa shape index (κ3) is 3.64. The Morgan fingerprint density at radius 3 is 2.18 bits per heavy atom. The van der Waals surface area contributed by atoms with Gasteiger partial charge in [-0.05, 0) is 36.4 Å². The van der Waals surface area contributed by atoms with E-state index in [2.05, 4.69) is 0 Å². The van der Waals surface area contributed by atoms with E-state index >= 15 is 0 Å². The van der Waals surface area contributed by atoms with Gasteiger partial charge in [-0.1, -0.05) is 36.4 Å². The highest BCUT2D eigenvalue weighted by atomic mass is 16.5. The first-order chi connectivity index (χ1) is 13.7. The zero-order valence-electron chi connectivity index (χ0n) is 15.4. The van der Waals surface area contributed by atoms with Gasteiger partial charge in [0.05, 0.1) is 18.4 Å². The van der Waals surface area contributed by atoms with E-state index in [1.807, 2.05) is 79.0 Å². The average molecular weight is 369 g/mol. The minimum Gasteiger partial charge on any atom is -0.618 e. The van der Waals surface area contributed by atoms with Gasteiger partial charge in [0.2, 0.25) is 5.69 Å². The third-order valence-corrected chi connectivity index (χ3v) is 4.39. The van der Waals surface area contributed by atoms with Crippen molar-refractivity contribution in [1.29, 1.82) is 0 Å². The van der Waals surface area contributed by atoms with Crippen molar-refractivity contribution in [2.45, 2.75) is 0 Å². The Bertz CT molecular complexity index is 1090. The lowest BCUT2D eigenvalue weighted by molar-refractivity contribution is -0.354. The molecule has 0 N–H and O–H groups in total. The summed E-state index contributed by atoms with van der Waals surface area (Å²) >= 11 is 0. The van der Waals surface area contributed by atoms with Crippen molar-refractivity contribution in [1.82, 2.24) is 9.78 Å². The first-order valence-corrected chi connectivity index (χ1v) is 8.90. The van der Waals surface area contributed by atoms with Gasteiger partial charge in [-0.3, -0.25) is 0 Å². The molecule has 0 fully saturated rings. The predicted molar refractivity (Wildman–Crippen MR) is 110 cm³/mol. The quantitative estimate of drug-likeness (QED) is 0.220. The van der Waals surface area contributed by atoms with Crippen LogP contribution in [-0.4, -0.2) is 27.8 Å². The minimum absolute atomic E-state index is 0.565. The van der Waals surface area contributed by atoms with Crippen LogP contribution in [0.15, 0.2) is 91.1 Å². The molecule has 0 aliphatic heterocycles. The highest BCUT2D eigenvalue weighted by Crippen LogP contribution is 2.25. The van der Waals surface area contributed by atoms with Gasteiger partial charge in [0.25, 0.3) is 0 Å². The minimum atomic E-state index is 0.565. The van der Waals surface area contributed by atoms with Crippen LogP contribution in [-0.2, 0) is 0 Å². The summed E-state index contributed by atoms with van der Waals surface area (Å²) in [5, 5.41) is 17.4. The molecule has 0 aliphatic carbocycles. The summed E-state index contributed by atoms with van der Waals surface area (Å²) in [4.78, 5) is 0. The second-order valence-corrected chi connectivity index (χ2v) is 6.23. The number of methoxy groups -OCH3 is 1. The highest BCUT2D eigenvalue weighted by Gasteiger charge is 2.14. The summed E-state index contributed by atoms with van der Waals surface area (Å²) in [5.74, 6) is 0.770. The van der Waals surface area contributed by atoms with Gasteiger partial charge in [0.1, 0.15) is 11.4 Å². The van der Waals surface area contributed by atoms with Gasteiger partial charge in [0, 0.05) is 23.9 Å². The van der Waals surface area contributed by atoms with Gasteiger partial charge in [-0.25, -0.2) is 4.68 Å². The maximum Gasteiger partial charge on any atom is 0.216 e. The average Bonchev–Trinajstić information content (AvgIpc) is 3.19. The van der Waals surface area contributed by atoms with Gasteiger partial charge in [-0.2, -0.15) is 9.84 Å². The largest absolute Gasteiger partial charge is 0.618 e. The molecule has 28 heavy (non-hydrogen) atoms. The molecule has 3 aromatic carbocycles. The summed E-state index contributed by atoms with van der Waals surface area (Å²) in [5.41, 5.74) is 3.85. The van der Waals surface area contributed by atoms with E-state index in [4.69, 9.17) is 9.84 Å². The van der Waals surface area contributed by atoms with Crippen molar-refractivity contribution in [2.24, 2.45) is 0 Å². The van der Waals surface area contributed by atoms with Crippen LogP contribution in [0.2, 0.25) is 0 Å². The molecule has 0 radical (unpaired) electrons. The number of nitrogens with zero attached hydrogens (tertiary/aromatic N) is 3. The summed E-state index contributed by atoms with van der Waals surface area (Å²) in [6.07, 6.45) is 3.42.